The van der Waals surface area contributed by atoms with E-state index in [0.29, 0.717) is 17.0 Å². The lowest BCUT2D eigenvalue weighted by atomic mass is 10.2. The van der Waals surface area contributed by atoms with Crippen LogP contribution in [0.1, 0.15) is 5.56 Å². The number of nitrogens with zero attached hydrogens (tertiary/aromatic N) is 1. The van der Waals surface area contributed by atoms with Gasteiger partial charge in [0.05, 0.1) is 12.8 Å². The number of ether oxygens (including phenoxy) is 2. The maximum absolute atomic E-state index is 12.9. The molecule has 3 amide bonds. The van der Waals surface area contributed by atoms with E-state index in [9.17, 15) is 18.8 Å². The maximum Gasteiger partial charge on any atom is 0.329 e. The summed E-state index contributed by atoms with van der Waals surface area (Å²) in [6.07, 6.45) is 1.29. The van der Waals surface area contributed by atoms with Gasteiger partial charge in [0.2, 0.25) is 0 Å². The average Bonchev–Trinajstić information content (AvgIpc) is 2.74. The standard InChI is InChI=1S/C20H21FN4O5/c1-29-11-10-22-19(27)20(28)25-23-12-14-4-2-3-5-17(14)30-13-18(26)24-16-8-6-15(21)7-9-16/h2-9,12H,10-11,13H2,1H3,(H,22,27)(H,24,26)(H,25,28)/b23-12-. The molecule has 0 atom stereocenters. The quantitative estimate of drug-likeness (QED) is 0.244. The fourth-order valence-electron chi connectivity index (χ4n) is 2.15. The Morgan fingerprint density at radius 1 is 1.07 bits per heavy atom. The zero-order valence-electron chi connectivity index (χ0n) is 16.2. The van der Waals surface area contributed by atoms with Crippen molar-refractivity contribution < 1.29 is 28.2 Å². The first kappa shape index (κ1) is 22.5. The van der Waals surface area contributed by atoms with E-state index in [1.54, 1.807) is 24.3 Å². The largest absolute Gasteiger partial charge is 0.483 e. The third kappa shape index (κ3) is 7.68. The third-order valence-electron chi connectivity index (χ3n) is 3.57. The summed E-state index contributed by atoms with van der Waals surface area (Å²) in [5.41, 5.74) is 3.01. The van der Waals surface area contributed by atoms with Crippen LogP contribution in [0, 0.1) is 5.82 Å². The number of carbonyl (C=O) groups excluding carboxylic acids is 3. The van der Waals surface area contributed by atoms with Gasteiger partial charge < -0.3 is 20.1 Å². The Kier molecular flexibility index (Phi) is 8.94. The number of anilines is 1. The number of halogens is 1. The number of nitrogens with one attached hydrogen (secondary N) is 3. The Morgan fingerprint density at radius 2 is 1.80 bits per heavy atom. The summed E-state index contributed by atoms with van der Waals surface area (Å²) in [4.78, 5) is 35.2. The van der Waals surface area contributed by atoms with Gasteiger partial charge in [-0.1, -0.05) is 12.1 Å². The van der Waals surface area contributed by atoms with E-state index < -0.39 is 23.5 Å². The number of carbonyl (C=O) groups is 3. The number of hydrogen-bond acceptors (Lipinski definition) is 6. The number of amides is 3. The molecular formula is C20H21FN4O5. The molecule has 0 saturated carbocycles. The normalized spacial score (nSPS) is 10.5. The Morgan fingerprint density at radius 3 is 2.53 bits per heavy atom. The molecule has 0 spiro atoms. The summed E-state index contributed by atoms with van der Waals surface area (Å²) in [6.45, 7) is 0.182. The van der Waals surface area contributed by atoms with Crippen LogP contribution in [0.5, 0.6) is 5.75 Å². The fourth-order valence-corrected chi connectivity index (χ4v) is 2.15. The van der Waals surface area contributed by atoms with Gasteiger partial charge in [0.15, 0.2) is 6.61 Å². The monoisotopic (exact) mass is 416 g/mol. The molecule has 0 aliphatic carbocycles. The van der Waals surface area contributed by atoms with E-state index in [4.69, 9.17) is 9.47 Å². The second-order valence-corrected chi connectivity index (χ2v) is 5.83. The Balaban J connectivity index is 1.86. The van der Waals surface area contributed by atoms with Crippen molar-refractivity contribution in [3.8, 4) is 5.75 Å². The number of hydrazone groups is 1. The highest BCUT2D eigenvalue weighted by atomic mass is 19.1. The molecule has 30 heavy (non-hydrogen) atoms. The van der Waals surface area contributed by atoms with Crippen LogP contribution in [-0.4, -0.2) is 50.8 Å². The van der Waals surface area contributed by atoms with E-state index in [-0.39, 0.29) is 19.8 Å². The van der Waals surface area contributed by atoms with Crippen LogP contribution < -0.4 is 20.8 Å². The van der Waals surface area contributed by atoms with Crippen molar-refractivity contribution in [1.82, 2.24) is 10.7 Å². The van der Waals surface area contributed by atoms with Gasteiger partial charge in [-0.3, -0.25) is 14.4 Å². The molecule has 0 aromatic heterocycles. The van der Waals surface area contributed by atoms with Gasteiger partial charge in [0.25, 0.3) is 5.91 Å². The highest BCUT2D eigenvalue weighted by Crippen LogP contribution is 2.16. The predicted octanol–water partition coefficient (Wildman–Crippen LogP) is 1.06. The van der Waals surface area contributed by atoms with Crippen LogP contribution in [0.4, 0.5) is 10.1 Å². The van der Waals surface area contributed by atoms with E-state index >= 15 is 0 Å². The second kappa shape index (κ2) is 11.9. The van der Waals surface area contributed by atoms with Gasteiger partial charge in [-0.25, -0.2) is 9.82 Å². The summed E-state index contributed by atoms with van der Waals surface area (Å²) in [5, 5.41) is 8.66. The van der Waals surface area contributed by atoms with Crippen molar-refractivity contribution in [2.45, 2.75) is 0 Å². The van der Waals surface area contributed by atoms with Crippen molar-refractivity contribution in [3.63, 3.8) is 0 Å². The van der Waals surface area contributed by atoms with Crippen LogP contribution in [0.3, 0.4) is 0 Å². The zero-order chi connectivity index (χ0) is 21.8. The molecule has 10 heteroatoms. The molecule has 0 fully saturated rings. The van der Waals surface area contributed by atoms with Gasteiger partial charge in [0.1, 0.15) is 11.6 Å². The van der Waals surface area contributed by atoms with Crippen molar-refractivity contribution in [2.75, 3.05) is 32.2 Å². The van der Waals surface area contributed by atoms with E-state index in [1.807, 2.05) is 0 Å². The van der Waals surface area contributed by atoms with E-state index in [1.165, 1.54) is 37.6 Å². The highest BCUT2D eigenvalue weighted by Gasteiger charge is 2.11. The first-order valence-corrected chi connectivity index (χ1v) is 8.87. The minimum Gasteiger partial charge on any atom is -0.483 e. The van der Waals surface area contributed by atoms with Crippen molar-refractivity contribution in [1.29, 1.82) is 0 Å². The minimum absolute atomic E-state index is 0.198. The molecule has 2 aromatic carbocycles. The number of methoxy groups -OCH3 is 1. The molecular weight excluding hydrogens is 395 g/mol. The molecule has 2 aromatic rings. The molecule has 0 saturated heterocycles. The molecule has 2 rings (SSSR count). The Bertz CT molecular complexity index is 902. The molecule has 3 N–H and O–H groups in total. The summed E-state index contributed by atoms with van der Waals surface area (Å²) in [6, 6.07) is 12.0. The lowest BCUT2D eigenvalue weighted by molar-refractivity contribution is -0.139. The first-order valence-electron chi connectivity index (χ1n) is 8.87. The van der Waals surface area contributed by atoms with Gasteiger partial charge in [-0.05, 0) is 36.4 Å². The maximum atomic E-state index is 12.9. The first-order chi connectivity index (χ1) is 14.5. The zero-order valence-corrected chi connectivity index (χ0v) is 16.2. The smallest absolute Gasteiger partial charge is 0.329 e. The van der Waals surface area contributed by atoms with Crippen LogP contribution >= 0.6 is 0 Å². The lowest BCUT2D eigenvalue weighted by Gasteiger charge is -2.09. The van der Waals surface area contributed by atoms with Gasteiger partial charge in [0, 0.05) is 24.9 Å². The molecule has 0 bridgehead atoms. The molecule has 0 heterocycles. The van der Waals surface area contributed by atoms with Gasteiger partial charge >= 0.3 is 11.8 Å². The summed E-state index contributed by atoms with van der Waals surface area (Å²) in [5.74, 6) is -2.27. The van der Waals surface area contributed by atoms with Crippen LogP contribution in [0.2, 0.25) is 0 Å². The van der Waals surface area contributed by atoms with Crippen LogP contribution in [0.25, 0.3) is 0 Å². The minimum atomic E-state index is -0.931. The Hall–Kier alpha value is -3.79. The molecule has 0 radical (unpaired) electrons. The molecule has 9 nitrogen and oxygen atoms in total. The number of benzene rings is 2. The fraction of sp³-hybridized carbons (Fsp3) is 0.200. The van der Waals surface area contributed by atoms with Crippen LogP contribution in [0.15, 0.2) is 53.6 Å². The van der Waals surface area contributed by atoms with E-state index in [0.717, 1.165) is 0 Å². The lowest BCUT2D eigenvalue weighted by Crippen LogP contribution is -2.39. The Labute approximate surface area is 172 Å². The molecule has 0 aliphatic rings. The second-order valence-electron chi connectivity index (χ2n) is 5.83. The molecule has 0 unspecified atom stereocenters. The number of rotatable bonds is 9. The molecule has 0 aliphatic heterocycles. The third-order valence-corrected chi connectivity index (χ3v) is 3.57. The van der Waals surface area contributed by atoms with Gasteiger partial charge in [-0.2, -0.15) is 5.10 Å². The average molecular weight is 416 g/mol. The summed E-state index contributed by atoms with van der Waals surface area (Å²) >= 11 is 0. The topological polar surface area (TPSA) is 118 Å². The highest BCUT2D eigenvalue weighted by molar-refractivity contribution is 6.35. The SMILES string of the molecule is COCCNC(=O)C(=O)N/N=C\c1ccccc1OCC(=O)Nc1ccc(F)cc1. The number of para-hydroxylation sites is 1. The van der Waals surface area contributed by atoms with E-state index in [2.05, 4.69) is 21.2 Å². The van der Waals surface area contributed by atoms with Crippen molar-refractivity contribution in [3.05, 3.63) is 59.9 Å². The van der Waals surface area contributed by atoms with Gasteiger partial charge in [-0.15, -0.1) is 0 Å². The number of hydrogen-bond donors (Lipinski definition) is 3. The van der Waals surface area contributed by atoms with Crippen molar-refractivity contribution >= 4 is 29.6 Å². The molecule has 158 valence electrons. The van der Waals surface area contributed by atoms with Crippen molar-refractivity contribution in [2.24, 2.45) is 5.10 Å². The predicted molar refractivity (Wildman–Crippen MR) is 108 cm³/mol. The summed E-state index contributed by atoms with van der Waals surface area (Å²) < 4.78 is 23.2. The summed E-state index contributed by atoms with van der Waals surface area (Å²) in [7, 11) is 1.47. The van der Waals surface area contributed by atoms with Crippen LogP contribution in [-0.2, 0) is 19.1 Å².